The first-order valence-corrected chi connectivity index (χ1v) is 10.7. The number of benzene rings is 2. The third kappa shape index (κ3) is 6.11. The van der Waals surface area contributed by atoms with Crippen molar-refractivity contribution in [2.24, 2.45) is 5.73 Å². The average Bonchev–Trinajstić information content (AvgIpc) is 3.09. The third-order valence-electron chi connectivity index (χ3n) is 5.46. The molecule has 8 heteroatoms. The van der Waals surface area contributed by atoms with E-state index in [1.54, 1.807) is 12.1 Å². The molecule has 3 rings (SSSR count). The minimum Gasteiger partial charge on any atom is -0.370 e. The normalized spacial score (nSPS) is 11.3. The number of fused-ring (bicyclic) bond motifs is 1. The molecule has 0 aliphatic carbocycles. The fourth-order valence-corrected chi connectivity index (χ4v) is 3.75. The molecule has 8 nitrogen and oxygen atoms in total. The van der Waals surface area contributed by atoms with E-state index in [2.05, 4.69) is 28.5 Å². The summed E-state index contributed by atoms with van der Waals surface area (Å²) in [6.07, 6.45) is 2.80. The van der Waals surface area contributed by atoms with Crippen LogP contribution in [0.3, 0.4) is 0 Å². The summed E-state index contributed by atoms with van der Waals surface area (Å²) in [4.78, 5) is 28.8. The number of aromatic nitrogens is 2. The van der Waals surface area contributed by atoms with Gasteiger partial charge in [-0.05, 0) is 37.6 Å². The van der Waals surface area contributed by atoms with Gasteiger partial charge in [-0.1, -0.05) is 37.3 Å². The zero-order chi connectivity index (χ0) is 22.2. The lowest BCUT2D eigenvalue weighted by molar-refractivity contribution is -0.384. The van der Waals surface area contributed by atoms with E-state index in [4.69, 9.17) is 10.7 Å². The topological polar surface area (TPSA) is 107 Å². The summed E-state index contributed by atoms with van der Waals surface area (Å²) in [5.41, 5.74) is 7.96. The van der Waals surface area contributed by atoms with E-state index >= 15 is 0 Å². The predicted molar refractivity (Wildman–Crippen MR) is 121 cm³/mol. The number of imidazole rings is 1. The fraction of sp³-hybridized carbons (Fsp3) is 0.391. The number of amides is 1. The monoisotopic (exact) mass is 423 g/mol. The van der Waals surface area contributed by atoms with E-state index in [9.17, 15) is 14.9 Å². The molecule has 0 aliphatic rings. The van der Waals surface area contributed by atoms with Gasteiger partial charge >= 0.3 is 0 Å². The van der Waals surface area contributed by atoms with Crippen molar-refractivity contribution < 1.29 is 9.72 Å². The maximum atomic E-state index is 11.2. The van der Waals surface area contributed by atoms with E-state index in [0.717, 1.165) is 55.9 Å². The Morgan fingerprint density at radius 2 is 1.94 bits per heavy atom. The summed E-state index contributed by atoms with van der Waals surface area (Å²) >= 11 is 0. The maximum absolute atomic E-state index is 11.2. The molecule has 0 unspecified atom stereocenters. The number of non-ortho nitro benzene ring substituents is 1. The van der Waals surface area contributed by atoms with Crippen molar-refractivity contribution in [3.05, 3.63) is 70.0 Å². The highest BCUT2D eigenvalue weighted by Gasteiger charge is 2.16. The number of hydrogen-bond donors (Lipinski definition) is 1. The summed E-state index contributed by atoms with van der Waals surface area (Å²) in [5, 5.41) is 11.2. The Bertz CT molecular complexity index is 1030. The molecule has 0 radical (unpaired) electrons. The van der Waals surface area contributed by atoms with Crippen LogP contribution in [-0.4, -0.2) is 44.9 Å². The number of nitrogens with two attached hydrogens (primary N) is 1. The standard InChI is InChI=1S/C23H29N5O3/c1-2-26(13-7-6-10-22(24)29)14-15-27-21-12-11-19(28(30)31)17-20(21)25-23(27)16-18-8-4-3-5-9-18/h3-5,8-9,11-12,17H,2,6-7,10,13-16H2,1H3,(H2,24,29). The first-order valence-electron chi connectivity index (χ1n) is 10.7. The number of unbranched alkanes of at least 4 members (excludes halogenated alkanes) is 1. The minimum absolute atomic E-state index is 0.0491. The minimum atomic E-state index is -0.389. The Morgan fingerprint density at radius 1 is 1.16 bits per heavy atom. The van der Waals surface area contributed by atoms with Gasteiger partial charge in [0.2, 0.25) is 5.91 Å². The van der Waals surface area contributed by atoms with Gasteiger partial charge in [-0.3, -0.25) is 14.9 Å². The Kier molecular flexibility index (Phi) is 7.72. The Labute approximate surface area is 181 Å². The van der Waals surface area contributed by atoms with Gasteiger partial charge in [0.25, 0.3) is 5.69 Å². The Morgan fingerprint density at radius 3 is 2.61 bits per heavy atom. The predicted octanol–water partition coefficient (Wildman–Crippen LogP) is 3.51. The van der Waals surface area contributed by atoms with E-state index in [1.807, 2.05) is 18.2 Å². The number of carbonyl (C=O) groups excluding carboxylic acids is 1. The fourth-order valence-electron chi connectivity index (χ4n) is 3.75. The summed E-state index contributed by atoms with van der Waals surface area (Å²) in [6, 6.07) is 15.0. The quantitative estimate of drug-likeness (QED) is 0.272. The Balaban J connectivity index is 1.79. The number of nitrogens with zero attached hydrogens (tertiary/aromatic N) is 4. The van der Waals surface area contributed by atoms with Crippen molar-refractivity contribution in [3.8, 4) is 0 Å². The largest absolute Gasteiger partial charge is 0.370 e. The van der Waals surface area contributed by atoms with Gasteiger partial charge in [-0.15, -0.1) is 0 Å². The van der Waals surface area contributed by atoms with E-state index in [0.29, 0.717) is 18.4 Å². The van der Waals surface area contributed by atoms with Crippen molar-refractivity contribution in [1.82, 2.24) is 14.5 Å². The second kappa shape index (κ2) is 10.7. The highest BCUT2D eigenvalue weighted by Crippen LogP contribution is 2.23. The molecule has 3 aromatic rings. The van der Waals surface area contributed by atoms with Gasteiger partial charge in [0.15, 0.2) is 0 Å². The number of nitro groups is 1. The lowest BCUT2D eigenvalue weighted by Gasteiger charge is -2.21. The average molecular weight is 424 g/mol. The number of carbonyl (C=O) groups is 1. The molecular formula is C23H29N5O3. The SMILES string of the molecule is CCN(CCCCC(N)=O)CCn1c(Cc2ccccc2)nc2cc([N+](=O)[O-])ccc21. The lowest BCUT2D eigenvalue weighted by Crippen LogP contribution is -2.29. The van der Waals surface area contributed by atoms with Crippen LogP contribution in [0.2, 0.25) is 0 Å². The zero-order valence-corrected chi connectivity index (χ0v) is 17.9. The van der Waals surface area contributed by atoms with Crippen molar-refractivity contribution in [2.75, 3.05) is 19.6 Å². The van der Waals surface area contributed by atoms with E-state index in [1.165, 1.54) is 6.07 Å². The second-order valence-electron chi connectivity index (χ2n) is 7.63. The molecule has 0 saturated carbocycles. The van der Waals surface area contributed by atoms with E-state index in [-0.39, 0.29) is 16.5 Å². The molecule has 1 heterocycles. The van der Waals surface area contributed by atoms with Crippen molar-refractivity contribution in [3.63, 3.8) is 0 Å². The van der Waals surface area contributed by atoms with Gasteiger partial charge in [0, 0.05) is 38.1 Å². The van der Waals surface area contributed by atoms with Crippen LogP contribution < -0.4 is 5.73 Å². The summed E-state index contributed by atoms with van der Waals surface area (Å²) in [5.74, 6) is 0.638. The van der Waals surface area contributed by atoms with Crippen molar-refractivity contribution in [1.29, 1.82) is 0 Å². The molecule has 0 aliphatic heterocycles. The molecule has 0 atom stereocenters. The van der Waals surface area contributed by atoms with Crippen molar-refractivity contribution in [2.45, 2.75) is 39.2 Å². The molecule has 0 fully saturated rings. The number of likely N-dealkylation sites (N-methyl/N-ethyl adjacent to an activating group) is 1. The Hall–Kier alpha value is -3.26. The lowest BCUT2D eigenvalue weighted by atomic mass is 10.1. The van der Waals surface area contributed by atoms with Gasteiger partial charge in [-0.25, -0.2) is 4.98 Å². The summed E-state index contributed by atoms with van der Waals surface area (Å²) in [7, 11) is 0. The van der Waals surface area contributed by atoms with Crippen LogP contribution in [0.1, 0.15) is 37.6 Å². The number of rotatable bonds is 12. The second-order valence-corrected chi connectivity index (χ2v) is 7.63. The molecule has 0 spiro atoms. The molecule has 31 heavy (non-hydrogen) atoms. The third-order valence-corrected chi connectivity index (χ3v) is 5.46. The molecule has 1 amide bonds. The van der Waals surface area contributed by atoms with Crippen LogP contribution >= 0.6 is 0 Å². The van der Waals surface area contributed by atoms with Crippen molar-refractivity contribution >= 4 is 22.6 Å². The number of nitro benzene ring substituents is 1. The zero-order valence-electron chi connectivity index (χ0n) is 17.9. The molecular weight excluding hydrogens is 394 g/mol. The molecule has 2 aromatic carbocycles. The van der Waals surface area contributed by atoms with Crippen LogP contribution in [0.5, 0.6) is 0 Å². The van der Waals surface area contributed by atoms with Gasteiger partial charge in [-0.2, -0.15) is 0 Å². The smallest absolute Gasteiger partial charge is 0.271 e. The van der Waals surface area contributed by atoms with Crippen LogP contribution in [0.25, 0.3) is 11.0 Å². The molecule has 2 N–H and O–H groups in total. The highest BCUT2D eigenvalue weighted by atomic mass is 16.6. The summed E-state index contributed by atoms with van der Waals surface area (Å²) in [6.45, 7) is 5.49. The molecule has 0 bridgehead atoms. The summed E-state index contributed by atoms with van der Waals surface area (Å²) < 4.78 is 2.16. The molecule has 164 valence electrons. The number of hydrogen-bond acceptors (Lipinski definition) is 5. The first-order chi connectivity index (χ1) is 15.0. The maximum Gasteiger partial charge on any atom is 0.271 e. The van der Waals surface area contributed by atoms with E-state index < -0.39 is 0 Å². The van der Waals surface area contributed by atoms with Crippen LogP contribution in [0.4, 0.5) is 5.69 Å². The van der Waals surface area contributed by atoms with Gasteiger partial charge in [0.1, 0.15) is 5.82 Å². The van der Waals surface area contributed by atoms with Crippen LogP contribution in [0.15, 0.2) is 48.5 Å². The van der Waals surface area contributed by atoms with Crippen LogP contribution in [-0.2, 0) is 17.8 Å². The van der Waals surface area contributed by atoms with Gasteiger partial charge < -0.3 is 15.2 Å². The number of primary amides is 1. The highest BCUT2D eigenvalue weighted by molar-refractivity contribution is 5.79. The van der Waals surface area contributed by atoms with Gasteiger partial charge in [0.05, 0.1) is 16.0 Å². The van der Waals surface area contributed by atoms with Crippen LogP contribution in [0, 0.1) is 10.1 Å². The molecule has 0 saturated heterocycles. The molecule has 1 aromatic heterocycles. The first kappa shape index (κ1) is 22.4.